The van der Waals surface area contributed by atoms with Crippen LogP contribution in [0.4, 0.5) is 11.4 Å². The van der Waals surface area contributed by atoms with Crippen molar-refractivity contribution in [2.45, 2.75) is 31.7 Å². The number of nitro groups is 1. The number of nitrogens with zero attached hydrogens (tertiary/aromatic N) is 4. The second-order valence-electron chi connectivity index (χ2n) is 6.78. The third-order valence-corrected chi connectivity index (χ3v) is 5.84. The average molecular weight is 492 g/mol. The number of carbonyl (C=O) groups is 1. The van der Waals surface area contributed by atoms with Gasteiger partial charge >= 0.3 is 0 Å². The van der Waals surface area contributed by atoms with E-state index in [2.05, 4.69) is 15.5 Å². The zero-order chi connectivity index (χ0) is 24.0. The second kappa shape index (κ2) is 11.0. The Kier molecular flexibility index (Phi) is 8.12. The highest BCUT2D eigenvalue weighted by molar-refractivity contribution is 7.99. The number of halogens is 1. The van der Waals surface area contributed by atoms with E-state index in [1.165, 1.54) is 30.0 Å². The quantitative estimate of drug-likeness (QED) is 0.245. The van der Waals surface area contributed by atoms with Gasteiger partial charge in [0.1, 0.15) is 11.5 Å². The van der Waals surface area contributed by atoms with Gasteiger partial charge in [0.25, 0.3) is 5.69 Å². The van der Waals surface area contributed by atoms with Gasteiger partial charge < -0.3 is 19.4 Å². The molecule has 1 atom stereocenters. The molecule has 0 aliphatic heterocycles. The molecule has 3 rings (SSSR count). The molecule has 2 aromatic carbocycles. The lowest BCUT2D eigenvalue weighted by Gasteiger charge is -2.16. The van der Waals surface area contributed by atoms with Crippen molar-refractivity contribution >= 4 is 40.6 Å². The molecule has 0 aliphatic rings. The van der Waals surface area contributed by atoms with Crippen molar-refractivity contribution in [2.24, 2.45) is 0 Å². The van der Waals surface area contributed by atoms with Gasteiger partial charge in [-0.2, -0.15) is 0 Å². The molecule has 0 fully saturated rings. The molecule has 0 saturated heterocycles. The monoisotopic (exact) mass is 491 g/mol. The Labute approximate surface area is 199 Å². The lowest BCUT2D eigenvalue weighted by atomic mass is 10.3. The topological polar surface area (TPSA) is 121 Å². The maximum absolute atomic E-state index is 12.4. The van der Waals surface area contributed by atoms with Crippen molar-refractivity contribution in [1.82, 2.24) is 14.8 Å². The van der Waals surface area contributed by atoms with Gasteiger partial charge in [-0.05, 0) is 32.0 Å². The van der Waals surface area contributed by atoms with E-state index >= 15 is 0 Å². The molecule has 0 spiro atoms. The third-order valence-electron chi connectivity index (χ3n) is 4.55. The number of amides is 1. The number of benzene rings is 2. The van der Waals surface area contributed by atoms with E-state index in [0.717, 1.165) is 0 Å². The molecule has 0 saturated carbocycles. The molecule has 1 N–H and O–H groups in total. The fourth-order valence-electron chi connectivity index (χ4n) is 2.98. The summed E-state index contributed by atoms with van der Waals surface area (Å²) in [7, 11) is 1.59. The smallest absolute Gasteiger partial charge is 0.271 e. The predicted octanol–water partition coefficient (Wildman–Crippen LogP) is 4.74. The third kappa shape index (κ3) is 6.14. The minimum Gasteiger partial charge on any atom is -0.497 e. The van der Waals surface area contributed by atoms with Crippen LogP contribution in [-0.4, -0.2) is 38.5 Å². The summed E-state index contributed by atoms with van der Waals surface area (Å²) in [4.78, 5) is 22.8. The van der Waals surface area contributed by atoms with Crippen LogP contribution in [0, 0.1) is 10.1 Å². The minimum atomic E-state index is -0.555. The highest BCUT2D eigenvalue weighted by atomic mass is 35.5. The Bertz CT molecular complexity index is 1160. The molecule has 0 radical (unpaired) electrons. The maximum atomic E-state index is 12.4. The predicted molar refractivity (Wildman–Crippen MR) is 125 cm³/mol. The van der Waals surface area contributed by atoms with E-state index < -0.39 is 11.0 Å². The molecule has 1 unspecified atom stereocenters. The lowest BCUT2D eigenvalue weighted by molar-refractivity contribution is -0.384. The van der Waals surface area contributed by atoms with Crippen molar-refractivity contribution in [3.63, 3.8) is 0 Å². The maximum Gasteiger partial charge on any atom is 0.271 e. The number of anilines is 1. The first-order valence-electron chi connectivity index (χ1n) is 9.92. The minimum absolute atomic E-state index is 0.0161. The SMILES string of the molecule is CCn1c(SCC(=O)Nc2cc([N+](=O)[O-])ccc2Cl)nnc1C(C)Oc1cccc(OC)c1. The van der Waals surface area contributed by atoms with Gasteiger partial charge in [0, 0.05) is 24.7 Å². The normalized spacial score (nSPS) is 11.6. The summed E-state index contributed by atoms with van der Waals surface area (Å²) in [5.74, 6) is 1.57. The summed E-state index contributed by atoms with van der Waals surface area (Å²) < 4.78 is 13.1. The van der Waals surface area contributed by atoms with Crippen LogP contribution in [0.3, 0.4) is 0 Å². The standard InChI is InChI=1S/C21H22ClN5O5S/c1-4-26-20(13(2)32-16-7-5-6-15(11-16)31-3)24-25-21(26)33-12-19(28)23-18-10-14(27(29)30)8-9-17(18)22/h5-11,13H,4,12H2,1-3H3,(H,23,28). The molecular weight excluding hydrogens is 470 g/mol. The lowest BCUT2D eigenvalue weighted by Crippen LogP contribution is -2.16. The van der Waals surface area contributed by atoms with Crippen LogP contribution in [0.25, 0.3) is 0 Å². The Morgan fingerprint density at radius 1 is 1.27 bits per heavy atom. The summed E-state index contributed by atoms with van der Waals surface area (Å²) in [6, 6.07) is 11.1. The summed E-state index contributed by atoms with van der Waals surface area (Å²) >= 11 is 7.23. The van der Waals surface area contributed by atoms with E-state index in [4.69, 9.17) is 21.1 Å². The van der Waals surface area contributed by atoms with Crippen LogP contribution in [-0.2, 0) is 11.3 Å². The van der Waals surface area contributed by atoms with Gasteiger partial charge in [0.05, 0.1) is 28.5 Å². The van der Waals surface area contributed by atoms with Gasteiger partial charge in [-0.3, -0.25) is 14.9 Å². The largest absolute Gasteiger partial charge is 0.497 e. The molecule has 10 nitrogen and oxygen atoms in total. The number of rotatable bonds is 10. The molecule has 1 amide bonds. The zero-order valence-corrected chi connectivity index (χ0v) is 19.7. The van der Waals surface area contributed by atoms with Gasteiger partial charge in [0.15, 0.2) is 17.1 Å². The highest BCUT2D eigenvalue weighted by Gasteiger charge is 2.20. The summed E-state index contributed by atoms with van der Waals surface area (Å²) in [6.45, 7) is 4.38. The van der Waals surface area contributed by atoms with Crippen molar-refractivity contribution in [1.29, 1.82) is 0 Å². The number of carbonyl (C=O) groups excluding carboxylic acids is 1. The number of nitro benzene ring substituents is 1. The summed E-state index contributed by atoms with van der Waals surface area (Å²) in [5.41, 5.74) is 0.0113. The second-order valence-corrected chi connectivity index (χ2v) is 8.13. The van der Waals surface area contributed by atoms with E-state index in [9.17, 15) is 14.9 Å². The molecule has 0 aliphatic carbocycles. The first-order chi connectivity index (χ1) is 15.8. The van der Waals surface area contributed by atoms with Gasteiger partial charge in [-0.25, -0.2) is 0 Å². The van der Waals surface area contributed by atoms with Crippen LogP contribution in [0.2, 0.25) is 5.02 Å². The Hall–Kier alpha value is -3.31. The number of hydrogen-bond acceptors (Lipinski definition) is 8. The number of nitrogens with one attached hydrogen (secondary N) is 1. The van der Waals surface area contributed by atoms with E-state index in [1.54, 1.807) is 13.2 Å². The molecule has 1 aromatic heterocycles. The first kappa shape index (κ1) is 24.3. The fourth-order valence-corrected chi connectivity index (χ4v) is 3.95. The first-order valence-corrected chi connectivity index (χ1v) is 11.3. The van der Waals surface area contributed by atoms with E-state index in [0.29, 0.717) is 29.0 Å². The number of non-ortho nitro benzene ring substituents is 1. The highest BCUT2D eigenvalue weighted by Crippen LogP contribution is 2.28. The molecule has 0 bridgehead atoms. The zero-order valence-electron chi connectivity index (χ0n) is 18.1. The molecular formula is C21H22ClN5O5S. The van der Waals surface area contributed by atoms with Gasteiger partial charge in [0.2, 0.25) is 5.91 Å². The number of thioether (sulfide) groups is 1. The van der Waals surface area contributed by atoms with Crippen molar-refractivity contribution in [3.8, 4) is 11.5 Å². The molecule has 3 aromatic rings. The number of methoxy groups -OCH3 is 1. The van der Waals surface area contributed by atoms with Crippen molar-refractivity contribution in [3.05, 3.63) is 63.4 Å². The number of hydrogen-bond donors (Lipinski definition) is 1. The molecule has 33 heavy (non-hydrogen) atoms. The number of ether oxygens (including phenoxy) is 2. The van der Waals surface area contributed by atoms with E-state index in [1.807, 2.05) is 36.6 Å². The average Bonchev–Trinajstić information content (AvgIpc) is 3.22. The Morgan fingerprint density at radius 3 is 2.73 bits per heavy atom. The van der Waals surface area contributed by atoms with Crippen molar-refractivity contribution < 1.29 is 19.2 Å². The molecule has 12 heteroatoms. The van der Waals surface area contributed by atoms with Crippen LogP contribution in [0.5, 0.6) is 11.5 Å². The number of aromatic nitrogens is 3. The van der Waals surface area contributed by atoms with Gasteiger partial charge in [-0.1, -0.05) is 29.4 Å². The Balaban J connectivity index is 1.66. The summed E-state index contributed by atoms with van der Waals surface area (Å²) in [6.07, 6.45) is -0.392. The summed E-state index contributed by atoms with van der Waals surface area (Å²) in [5, 5.41) is 22.7. The Morgan fingerprint density at radius 2 is 2.03 bits per heavy atom. The fraction of sp³-hybridized carbons (Fsp3) is 0.286. The van der Waals surface area contributed by atoms with Gasteiger partial charge in [-0.15, -0.1) is 10.2 Å². The van der Waals surface area contributed by atoms with Crippen LogP contribution in [0.1, 0.15) is 25.8 Å². The van der Waals surface area contributed by atoms with E-state index in [-0.39, 0.29) is 28.1 Å². The van der Waals surface area contributed by atoms with Crippen LogP contribution in [0.15, 0.2) is 47.6 Å². The molecule has 1 heterocycles. The van der Waals surface area contributed by atoms with Crippen molar-refractivity contribution in [2.75, 3.05) is 18.2 Å². The van der Waals surface area contributed by atoms with Crippen LogP contribution >= 0.6 is 23.4 Å². The molecule has 174 valence electrons. The van der Waals surface area contributed by atoms with Crippen LogP contribution < -0.4 is 14.8 Å².